The van der Waals surface area contributed by atoms with Gasteiger partial charge in [0.25, 0.3) is 0 Å². The number of ether oxygens (including phenoxy) is 1. The highest BCUT2D eigenvalue weighted by Crippen LogP contribution is 2.29. The Hall–Kier alpha value is -1.07. The molecule has 1 aliphatic rings. The van der Waals surface area contributed by atoms with Gasteiger partial charge in [-0.25, -0.2) is 8.42 Å². The van der Waals surface area contributed by atoms with E-state index < -0.39 is 9.84 Å². The number of aliphatic hydroxyl groups excluding tert-OH is 1. The minimum atomic E-state index is -3.28. The fourth-order valence-corrected chi connectivity index (χ4v) is 4.11. The maximum atomic E-state index is 12.4. The first-order valence-electron chi connectivity index (χ1n) is 6.10. The van der Waals surface area contributed by atoms with Gasteiger partial charge in [-0.15, -0.1) is 0 Å². The molecule has 0 spiro atoms. The average Bonchev–Trinajstić information content (AvgIpc) is 2.39. The molecule has 2 rings (SSSR count). The van der Waals surface area contributed by atoms with Gasteiger partial charge in [0, 0.05) is 0 Å². The summed E-state index contributed by atoms with van der Waals surface area (Å²) < 4.78 is 29.8. The largest absolute Gasteiger partial charge is 0.497 e. The van der Waals surface area contributed by atoms with Crippen molar-refractivity contribution in [2.75, 3.05) is 7.11 Å². The lowest BCUT2D eigenvalue weighted by Gasteiger charge is -2.25. The summed E-state index contributed by atoms with van der Waals surface area (Å²) in [6.07, 6.45) is 1.87. The van der Waals surface area contributed by atoms with Crippen molar-refractivity contribution in [2.45, 2.75) is 41.9 Å². The van der Waals surface area contributed by atoms with Crippen molar-refractivity contribution in [3.63, 3.8) is 0 Å². The van der Waals surface area contributed by atoms with Crippen molar-refractivity contribution in [3.8, 4) is 5.75 Å². The molecule has 0 atom stereocenters. The van der Waals surface area contributed by atoms with Gasteiger partial charge in [-0.05, 0) is 49.9 Å². The Morgan fingerprint density at radius 1 is 1.11 bits per heavy atom. The summed E-state index contributed by atoms with van der Waals surface area (Å²) in [5.74, 6) is 0.646. The Labute approximate surface area is 108 Å². The fourth-order valence-electron chi connectivity index (χ4n) is 2.31. The highest BCUT2D eigenvalue weighted by molar-refractivity contribution is 7.92. The number of aliphatic hydroxyl groups is 1. The van der Waals surface area contributed by atoms with Crippen molar-refractivity contribution in [2.24, 2.45) is 0 Å². The van der Waals surface area contributed by atoms with Crippen LogP contribution >= 0.6 is 0 Å². The minimum absolute atomic E-state index is 0.338. The molecule has 0 radical (unpaired) electrons. The van der Waals surface area contributed by atoms with Crippen LogP contribution in [0.5, 0.6) is 5.75 Å². The highest BCUT2D eigenvalue weighted by atomic mass is 32.2. The molecule has 1 aromatic rings. The first kappa shape index (κ1) is 13.4. The number of methoxy groups -OCH3 is 1. The van der Waals surface area contributed by atoms with Crippen LogP contribution in [-0.4, -0.2) is 32.0 Å². The van der Waals surface area contributed by atoms with Crippen molar-refractivity contribution in [1.29, 1.82) is 0 Å². The molecule has 0 aliphatic heterocycles. The van der Waals surface area contributed by atoms with Gasteiger partial charge < -0.3 is 9.84 Å². The van der Waals surface area contributed by atoms with E-state index in [0.29, 0.717) is 36.3 Å². The molecule has 1 N–H and O–H groups in total. The molecule has 0 amide bonds. The Bertz CT molecular complexity index is 484. The predicted octanol–water partition coefficient (Wildman–Crippen LogP) is 1.77. The Morgan fingerprint density at radius 3 is 2.17 bits per heavy atom. The van der Waals surface area contributed by atoms with Gasteiger partial charge in [-0.3, -0.25) is 0 Å². The quantitative estimate of drug-likeness (QED) is 0.909. The van der Waals surface area contributed by atoms with Gasteiger partial charge in [0.1, 0.15) is 5.75 Å². The molecular weight excluding hydrogens is 252 g/mol. The van der Waals surface area contributed by atoms with Gasteiger partial charge in [0.05, 0.1) is 23.4 Å². The molecular formula is C13H18O4S. The van der Waals surface area contributed by atoms with Gasteiger partial charge >= 0.3 is 0 Å². The molecule has 5 heteroatoms. The van der Waals surface area contributed by atoms with E-state index >= 15 is 0 Å². The van der Waals surface area contributed by atoms with Crippen LogP contribution < -0.4 is 4.74 Å². The number of rotatable bonds is 3. The second kappa shape index (κ2) is 5.28. The van der Waals surface area contributed by atoms with E-state index in [4.69, 9.17) is 4.74 Å². The molecule has 1 aliphatic carbocycles. The lowest BCUT2D eigenvalue weighted by Crippen LogP contribution is -2.29. The molecule has 4 nitrogen and oxygen atoms in total. The van der Waals surface area contributed by atoms with Gasteiger partial charge in [-0.1, -0.05) is 0 Å². The van der Waals surface area contributed by atoms with Crippen LogP contribution in [0.4, 0.5) is 0 Å². The minimum Gasteiger partial charge on any atom is -0.497 e. The summed E-state index contributed by atoms with van der Waals surface area (Å²) in [6, 6.07) is 6.48. The molecule has 1 fully saturated rings. The molecule has 0 unspecified atom stereocenters. The van der Waals surface area contributed by atoms with E-state index in [-0.39, 0.29) is 11.4 Å². The van der Waals surface area contributed by atoms with Crippen molar-refractivity contribution < 1.29 is 18.3 Å². The summed E-state index contributed by atoms with van der Waals surface area (Å²) in [5.41, 5.74) is 0. The molecule has 0 heterocycles. The van der Waals surface area contributed by atoms with E-state index in [1.807, 2.05) is 0 Å². The molecule has 1 aromatic carbocycles. The molecule has 18 heavy (non-hydrogen) atoms. The van der Waals surface area contributed by atoms with Crippen LogP contribution in [0, 0.1) is 0 Å². The van der Waals surface area contributed by atoms with Crippen LogP contribution in [0.2, 0.25) is 0 Å². The fraction of sp³-hybridized carbons (Fsp3) is 0.538. The van der Waals surface area contributed by atoms with Crippen LogP contribution in [0.1, 0.15) is 25.7 Å². The SMILES string of the molecule is COc1ccc(S(=O)(=O)C2CCC(O)CC2)cc1. The van der Waals surface area contributed by atoms with E-state index in [9.17, 15) is 13.5 Å². The highest BCUT2D eigenvalue weighted by Gasteiger charge is 2.31. The number of sulfone groups is 1. The lowest BCUT2D eigenvalue weighted by atomic mass is 9.97. The summed E-state index contributed by atoms with van der Waals surface area (Å²) in [5, 5.41) is 9.05. The lowest BCUT2D eigenvalue weighted by molar-refractivity contribution is 0.131. The van der Waals surface area contributed by atoms with Crippen molar-refractivity contribution >= 4 is 9.84 Å². The van der Waals surface area contributed by atoms with Crippen LogP contribution in [0.25, 0.3) is 0 Å². The maximum absolute atomic E-state index is 12.4. The molecule has 100 valence electrons. The average molecular weight is 270 g/mol. The molecule has 0 aromatic heterocycles. The van der Waals surface area contributed by atoms with Gasteiger partial charge in [-0.2, -0.15) is 0 Å². The summed E-state index contributed by atoms with van der Waals surface area (Å²) in [7, 11) is -1.73. The zero-order valence-electron chi connectivity index (χ0n) is 10.4. The zero-order valence-corrected chi connectivity index (χ0v) is 11.2. The van der Waals surface area contributed by atoms with E-state index in [2.05, 4.69) is 0 Å². The molecule has 0 saturated heterocycles. The van der Waals surface area contributed by atoms with Crippen molar-refractivity contribution in [1.82, 2.24) is 0 Å². The smallest absolute Gasteiger partial charge is 0.181 e. The summed E-state index contributed by atoms with van der Waals surface area (Å²) >= 11 is 0. The van der Waals surface area contributed by atoms with Crippen LogP contribution in [0.3, 0.4) is 0 Å². The van der Waals surface area contributed by atoms with Crippen LogP contribution in [-0.2, 0) is 9.84 Å². The summed E-state index contributed by atoms with van der Waals surface area (Å²) in [4.78, 5) is 0.338. The topological polar surface area (TPSA) is 63.6 Å². The second-order valence-electron chi connectivity index (χ2n) is 4.65. The number of hydrogen-bond donors (Lipinski definition) is 1. The van der Waals surface area contributed by atoms with Crippen LogP contribution in [0.15, 0.2) is 29.2 Å². The second-order valence-corrected chi connectivity index (χ2v) is 6.88. The Morgan fingerprint density at radius 2 is 1.67 bits per heavy atom. The maximum Gasteiger partial charge on any atom is 0.181 e. The van der Waals surface area contributed by atoms with Gasteiger partial charge in [0.15, 0.2) is 9.84 Å². The standard InChI is InChI=1S/C13H18O4S/c1-17-11-4-8-13(9-5-11)18(15,16)12-6-2-10(14)3-7-12/h4-5,8-10,12,14H,2-3,6-7H2,1H3. The Balaban J connectivity index is 2.19. The molecule has 1 saturated carbocycles. The zero-order chi connectivity index (χ0) is 13.2. The first-order valence-corrected chi connectivity index (χ1v) is 7.64. The number of benzene rings is 1. The third kappa shape index (κ3) is 2.67. The van der Waals surface area contributed by atoms with Gasteiger partial charge in [0.2, 0.25) is 0 Å². The van der Waals surface area contributed by atoms with E-state index in [1.165, 1.54) is 0 Å². The Kier molecular flexibility index (Phi) is 3.92. The van der Waals surface area contributed by atoms with E-state index in [1.54, 1.807) is 31.4 Å². The molecule has 0 bridgehead atoms. The van der Waals surface area contributed by atoms with Crippen molar-refractivity contribution in [3.05, 3.63) is 24.3 Å². The normalized spacial score (nSPS) is 24.8. The summed E-state index contributed by atoms with van der Waals surface area (Å²) in [6.45, 7) is 0. The number of hydrogen-bond acceptors (Lipinski definition) is 4. The predicted molar refractivity (Wildman–Crippen MR) is 68.4 cm³/mol. The first-order chi connectivity index (χ1) is 8.54. The third-order valence-corrected chi connectivity index (χ3v) is 5.75. The monoisotopic (exact) mass is 270 g/mol. The third-order valence-electron chi connectivity index (χ3n) is 3.47. The van der Waals surface area contributed by atoms with E-state index in [0.717, 1.165) is 0 Å².